The second-order valence-electron chi connectivity index (χ2n) is 5.91. The summed E-state index contributed by atoms with van der Waals surface area (Å²) in [4.78, 5) is 13.0. The van der Waals surface area contributed by atoms with E-state index >= 15 is 0 Å². The number of rotatable bonds is 3. The van der Waals surface area contributed by atoms with Crippen LogP contribution in [0, 0.1) is 11.3 Å². The number of aliphatic hydroxyl groups is 1. The first-order valence-corrected chi connectivity index (χ1v) is 5.93. The molecule has 1 fully saturated rings. The second kappa shape index (κ2) is 5.15. The Hall–Kier alpha value is -0.610. The van der Waals surface area contributed by atoms with Crippen molar-refractivity contribution in [2.75, 3.05) is 19.6 Å². The maximum atomic E-state index is 10.8. The van der Waals surface area contributed by atoms with Gasteiger partial charge in [-0.05, 0) is 31.3 Å². The number of carboxylic acid groups (broad SMARTS) is 1. The minimum absolute atomic E-state index is 0.286. The maximum Gasteiger partial charge on any atom is 0.309 e. The second-order valence-corrected chi connectivity index (χ2v) is 5.91. The molecule has 1 aliphatic rings. The maximum absolute atomic E-state index is 10.8. The fourth-order valence-corrected chi connectivity index (χ4v) is 1.98. The van der Waals surface area contributed by atoms with Gasteiger partial charge in [-0.15, -0.1) is 0 Å². The highest BCUT2D eigenvalue weighted by Gasteiger charge is 2.32. The van der Waals surface area contributed by atoms with Gasteiger partial charge in [-0.1, -0.05) is 20.8 Å². The standard InChI is InChI=1S/C12H23NO3/c1-12(2,3)5-7-13-6-4-9(11(15)16)10(14)8-13/h9-10,14H,4-8H2,1-3H3,(H,15,16). The Labute approximate surface area is 97.3 Å². The summed E-state index contributed by atoms with van der Waals surface area (Å²) in [5, 5.41) is 18.6. The van der Waals surface area contributed by atoms with E-state index in [0.29, 0.717) is 13.0 Å². The van der Waals surface area contributed by atoms with Gasteiger partial charge >= 0.3 is 5.97 Å². The summed E-state index contributed by atoms with van der Waals surface area (Å²) in [5.41, 5.74) is 0.286. The van der Waals surface area contributed by atoms with Gasteiger partial charge in [0.25, 0.3) is 0 Å². The number of carbonyl (C=O) groups is 1. The quantitative estimate of drug-likeness (QED) is 0.763. The summed E-state index contributed by atoms with van der Waals surface area (Å²) in [6.45, 7) is 8.78. The van der Waals surface area contributed by atoms with Gasteiger partial charge < -0.3 is 15.1 Å². The van der Waals surface area contributed by atoms with E-state index in [1.54, 1.807) is 0 Å². The minimum atomic E-state index is -0.872. The van der Waals surface area contributed by atoms with Crippen LogP contribution in [0.1, 0.15) is 33.6 Å². The van der Waals surface area contributed by atoms with Crippen LogP contribution in [0.2, 0.25) is 0 Å². The van der Waals surface area contributed by atoms with E-state index in [1.165, 1.54) is 0 Å². The summed E-state index contributed by atoms with van der Waals surface area (Å²) >= 11 is 0. The Morgan fingerprint density at radius 1 is 1.44 bits per heavy atom. The Kier molecular flexibility index (Phi) is 4.33. The van der Waals surface area contributed by atoms with Crippen LogP contribution in [0.5, 0.6) is 0 Å². The molecule has 1 aliphatic heterocycles. The van der Waals surface area contributed by atoms with Gasteiger partial charge in [0.15, 0.2) is 0 Å². The first kappa shape index (κ1) is 13.5. The van der Waals surface area contributed by atoms with Crippen molar-refractivity contribution in [2.45, 2.75) is 39.7 Å². The predicted molar refractivity (Wildman–Crippen MR) is 62.3 cm³/mol. The molecule has 0 spiro atoms. The van der Waals surface area contributed by atoms with Gasteiger partial charge in [0.05, 0.1) is 12.0 Å². The van der Waals surface area contributed by atoms with Crippen LogP contribution in [-0.4, -0.2) is 46.8 Å². The topological polar surface area (TPSA) is 60.8 Å². The van der Waals surface area contributed by atoms with E-state index in [9.17, 15) is 9.90 Å². The molecule has 0 aromatic rings. The Bertz CT molecular complexity index is 247. The molecule has 94 valence electrons. The third-order valence-corrected chi connectivity index (χ3v) is 3.16. The number of aliphatic hydroxyl groups excluding tert-OH is 1. The summed E-state index contributed by atoms with van der Waals surface area (Å²) in [7, 11) is 0. The lowest BCUT2D eigenvalue weighted by Gasteiger charge is -2.35. The zero-order chi connectivity index (χ0) is 12.3. The van der Waals surface area contributed by atoms with E-state index in [-0.39, 0.29) is 5.41 Å². The number of hydrogen-bond acceptors (Lipinski definition) is 3. The smallest absolute Gasteiger partial charge is 0.309 e. The lowest BCUT2D eigenvalue weighted by molar-refractivity contribution is -0.148. The summed E-state index contributed by atoms with van der Waals surface area (Å²) < 4.78 is 0. The van der Waals surface area contributed by atoms with E-state index in [1.807, 2.05) is 0 Å². The molecule has 16 heavy (non-hydrogen) atoms. The number of likely N-dealkylation sites (tertiary alicyclic amines) is 1. The van der Waals surface area contributed by atoms with E-state index in [2.05, 4.69) is 25.7 Å². The van der Waals surface area contributed by atoms with Crippen molar-refractivity contribution in [3.05, 3.63) is 0 Å². The third kappa shape index (κ3) is 4.10. The minimum Gasteiger partial charge on any atom is -0.481 e. The number of piperidine rings is 1. The molecule has 2 unspecified atom stereocenters. The van der Waals surface area contributed by atoms with Crippen molar-refractivity contribution < 1.29 is 15.0 Å². The van der Waals surface area contributed by atoms with Crippen molar-refractivity contribution >= 4 is 5.97 Å². The molecule has 1 heterocycles. The van der Waals surface area contributed by atoms with E-state index in [0.717, 1.165) is 19.5 Å². The molecule has 1 saturated heterocycles. The Balaban J connectivity index is 2.37. The van der Waals surface area contributed by atoms with Crippen molar-refractivity contribution in [1.29, 1.82) is 0 Å². The molecule has 0 aromatic carbocycles. The SMILES string of the molecule is CC(C)(C)CCN1CCC(C(=O)O)C(O)C1. The van der Waals surface area contributed by atoms with Gasteiger partial charge in [-0.2, -0.15) is 0 Å². The van der Waals surface area contributed by atoms with E-state index < -0.39 is 18.0 Å². The van der Waals surface area contributed by atoms with Crippen LogP contribution < -0.4 is 0 Å². The van der Waals surface area contributed by atoms with Crippen LogP contribution in [0.25, 0.3) is 0 Å². The molecule has 0 aliphatic carbocycles. The first-order chi connectivity index (χ1) is 7.29. The average molecular weight is 229 g/mol. The van der Waals surface area contributed by atoms with Crippen molar-refractivity contribution in [1.82, 2.24) is 4.90 Å². The fraction of sp³-hybridized carbons (Fsp3) is 0.917. The molecule has 1 rings (SSSR count). The van der Waals surface area contributed by atoms with Crippen molar-refractivity contribution in [3.63, 3.8) is 0 Å². The fourth-order valence-electron chi connectivity index (χ4n) is 1.98. The summed E-state index contributed by atoms with van der Waals surface area (Å²) in [6.07, 6.45) is 0.907. The number of hydrogen-bond donors (Lipinski definition) is 2. The molecule has 0 bridgehead atoms. The molecule has 0 amide bonds. The zero-order valence-electron chi connectivity index (χ0n) is 10.4. The first-order valence-electron chi connectivity index (χ1n) is 5.93. The number of carboxylic acids is 1. The van der Waals surface area contributed by atoms with Gasteiger partial charge in [0.2, 0.25) is 0 Å². The monoisotopic (exact) mass is 229 g/mol. The van der Waals surface area contributed by atoms with Gasteiger partial charge in [-0.25, -0.2) is 0 Å². The molecule has 4 heteroatoms. The summed E-state index contributed by atoms with van der Waals surface area (Å²) in [6, 6.07) is 0. The Morgan fingerprint density at radius 3 is 2.50 bits per heavy atom. The number of β-amino-alcohol motifs (C(OH)–C–C–N with tert-alkyl or cyclic N) is 1. The molecule has 0 radical (unpaired) electrons. The molecule has 0 aromatic heterocycles. The largest absolute Gasteiger partial charge is 0.481 e. The predicted octanol–water partition coefficient (Wildman–Crippen LogP) is 1.19. The van der Waals surface area contributed by atoms with Crippen molar-refractivity contribution in [3.8, 4) is 0 Å². The normalized spacial score (nSPS) is 28.0. The lowest BCUT2D eigenvalue weighted by Crippen LogP contribution is -2.47. The molecular formula is C12H23NO3. The van der Waals surface area contributed by atoms with Gasteiger partial charge in [0.1, 0.15) is 0 Å². The van der Waals surface area contributed by atoms with Gasteiger partial charge in [-0.3, -0.25) is 4.79 Å². The molecular weight excluding hydrogens is 206 g/mol. The van der Waals surface area contributed by atoms with Crippen molar-refractivity contribution in [2.24, 2.45) is 11.3 Å². The van der Waals surface area contributed by atoms with Crippen LogP contribution in [0.15, 0.2) is 0 Å². The third-order valence-electron chi connectivity index (χ3n) is 3.16. The highest BCUT2D eigenvalue weighted by Crippen LogP contribution is 2.22. The van der Waals surface area contributed by atoms with Crippen LogP contribution >= 0.6 is 0 Å². The van der Waals surface area contributed by atoms with Gasteiger partial charge in [0, 0.05) is 6.54 Å². The molecule has 2 N–H and O–H groups in total. The number of nitrogens with zero attached hydrogens (tertiary/aromatic N) is 1. The average Bonchev–Trinajstić information content (AvgIpc) is 2.13. The van der Waals surface area contributed by atoms with E-state index in [4.69, 9.17) is 5.11 Å². The highest BCUT2D eigenvalue weighted by atomic mass is 16.4. The summed E-state index contributed by atoms with van der Waals surface area (Å²) in [5.74, 6) is -1.45. The Morgan fingerprint density at radius 2 is 2.06 bits per heavy atom. The molecule has 2 atom stereocenters. The molecule has 4 nitrogen and oxygen atoms in total. The van der Waals surface area contributed by atoms with Crippen LogP contribution in [0.3, 0.4) is 0 Å². The highest BCUT2D eigenvalue weighted by molar-refractivity contribution is 5.70. The van der Waals surface area contributed by atoms with Crippen LogP contribution in [0.4, 0.5) is 0 Å². The molecule has 0 saturated carbocycles. The zero-order valence-corrected chi connectivity index (χ0v) is 10.4. The number of aliphatic carboxylic acids is 1. The van der Waals surface area contributed by atoms with Crippen LogP contribution in [-0.2, 0) is 4.79 Å². The lowest BCUT2D eigenvalue weighted by atomic mass is 9.90.